The molecule has 0 amide bonds. The summed E-state index contributed by atoms with van der Waals surface area (Å²) in [4.78, 5) is 8.21. The second-order valence-corrected chi connectivity index (χ2v) is 2.75. The van der Waals surface area contributed by atoms with Crippen molar-refractivity contribution in [3.8, 4) is 12.0 Å². The number of nitrogens with zero attached hydrogens (tertiary/aromatic N) is 4. The van der Waals surface area contributed by atoms with Gasteiger partial charge in [-0.15, -0.1) is 0 Å². The second kappa shape index (κ2) is 3.71. The van der Waals surface area contributed by atoms with Crippen LogP contribution in [0.1, 0.15) is 5.69 Å². The maximum absolute atomic E-state index is 8.61. The summed E-state index contributed by atoms with van der Waals surface area (Å²) < 4.78 is 1.81. The third-order valence-electron chi connectivity index (χ3n) is 1.86. The van der Waals surface area contributed by atoms with Gasteiger partial charge in [-0.1, -0.05) is 0 Å². The predicted octanol–water partition coefficient (Wildman–Crippen LogP) is 1.33. The van der Waals surface area contributed by atoms with E-state index in [0.29, 0.717) is 12.4 Å². The monoisotopic (exact) mass is 184 g/mol. The van der Waals surface area contributed by atoms with E-state index < -0.39 is 0 Å². The smallest absolute Gasteiger partial charge is 0.233 e. The molecule has 0 spiro atoms. The van der Waals surface area contributed by atoms with Gasteiger partial charge < -0.3 is 0 Å². The molecule has 0 saturated carbocycles. The highest BCUT2D eigenvalue weighted by atomic mass is 15.1. The van der Waals surface area contributed by atoms with Crippen molar-refractivity contribution in [1.29, 1.82) is 5.26 Å². The van der Waals surface area contributed by atoms with E-state index in [-0.39, 0.29) is 0 Å². The van der Waals surface area contributed by atoms with Crippen LogP contribution < -0.4 is 0 Å². The largest absolute Gasteiger partial charge is 0.289 e. The van der Waals surface area contributed by atoms with Crippen LogP contribution in [0.15, 0.2) is 36.8 Å². The van der Waals surface area contributed by atoms with Crippen molar-refractivity contribution in [2.45, 2.75) is 6.42 Å². The molecule has 0 radical (unpaired) electrons. The zero-order valence-electron chi connectivity index (χ0n) is 7.46. The van der Waals surface area contributed by atoms with E-state index in [4.69, 9.17) is 5.26 Å². The molecule has 0 aliphatic heterocycles. The van der Waals surface area contributed by atoms with Crippen molar-refractivity contribution in [3.63, 3.8) is 0 Å². The van der Waals surface area contributed by atoms with E-state index in [1.807, 2.05) is 22.9 Å². The van der Waals surface area contributed by atoms with E-state index in [1.54, 1.807) is 18.5 Å². The minimum Gasteiger partial charge on any atom is -0.289 e. The molecule has 2 aromatic heterocycles. The summed E-state index contributed by atoms with van der Waals surface area (Å²) in [6.07, 6.45) is 5.57. The van der Waals surface area contributed by atoms with Crippen LogP contribution in [0, 0.1) is 11.3 Å². The van der Waals surface area contributed by atoms with E-state index in [1.165, 1.54) is 0 Å². The summed E-state index contributed by atoms with van der Waals surface area (Å²) in [5.74, 6) is 0.600. The number of hydrogen-bond acceptors (Lipinski definition) is 3. The fraction of sp³-hybridized carbons (Fsp3) is 0.100. The summed E-state index contributed by atoms with van der Waals surface area (Å²) in [5.41, 5.74) is 0.902. The Morgan fingerprint density at radius 3 is 2.79 bits per heavy atom. The summed E-state index contributed by atoms with van der Waals surface area (Å²) in [6.45, 7) is 0. The van der Waals surface area contributed by atoms with Crippen LogP contribution in [0.25, 0.3) is 5.95 Å². The zero-order valence-corrected chi connectivity index (χ0v) is 7.46. The topological polar surface area (TPSA) is 54.5 Å². The van der Waals surface area contributed by atoms with Crippen LogP contribution in [0.3, 0.4) is 0 Å². The van der Waals surface area contributed by atoms with Crippen LogP contribution in [-0.2, 0) is 6.42 Å². The van der Waals surface area contributed by atoms with Crippen molar-refractivity contribution in [2.75, 3.05) is 0 Å². The number of aromatic nitrogens is 3. The molecule has 4 heteroatoms. The first-order chi connectivity index (χ1) is 6.92. The summed E-state index contributed by atoms with van der Waals surface area (Å²) >= 11 is 0. The van der Waals surface area contributed by atoms with Gasteiger partial charge in [-0.25, -0.2) is 9.97 Å². The Hall–Kier alpha value is -2.15. The number of rotatable bonds is 2. The first-order valence-corrected chi connectivity index (χ1v) is 4.22. The Bertz CT molecular complexity index is 452. The molecular formula is C10H8N4. The van der Waals surface area contributed by atoms with E-state index in [2.05, 4.69) is 16.0 Å². The number of nitriles is 1. The van der Waals surface area contributed by atoms with Gasteiger partial charge in [0.15, 0.2) is 0 Å². The first kappa shape index (κ1) is 8.45. The zero-order chi connectivity index (χ0) is 9.80. The van der Waals surface area contributed by atoms with Gasteiger partial charge in [0, 0.05) is 24.3 Å². The summed E-state index contributed by atoms with van der Waals surface area (Å²) in [5, 5.41) is 8.61. The van der Waals surface area contributed by atoms with E-state index in [9.17, 15) is 0 Å². The van der Waals surface area contributed by atoms with Crippen molar-refractivity contribution in [2.24, 2.45) is 0 Å². The fourth-order valence-electron chi connectivity index (χ4n) is 1.25. The molecule has 0 aromatic carbocycles. The highest BCUT2D eigenvalue weighted by Gasteiger charge is 2.03. The molecule has 0 N–H and O–H groups in total. The highest BCUT2D eigenvalue weighted by molar-refractivity contribution is 5.22. The molecule has 2 heterocycles. The third kappa shape index (κ3) is 1.48. The van der Waals surface area contributed by atoms with Crippen LogP contribution in [0.4, 0.5) is 0 Å². The number of hydrogen-bond donors (Lipinski definition) is 0. The molecule has 0 fully saturated rings. The molecule has 68 valence electrons. The lowest BCUT2D eigenvalue weighted by molar-refractivity contribution is 0.885. The SMILES string of the molecule is N#CCc1cccn1-c1ncccn1. The van der Waals surface area contributed by atoms with Gasteiger partial charge in [0.2, 0.25) is 5.95 Å². The van der Waals surface area contributed by atoms with Gasteiger partial charge in [-0.2, -0.15) is 5.26 Å². The molecule has 0 unspecified atom stereocenters. The van der Waals surface area contributed by atoms with Gasteiger partial charge >= 0.3 is 0 Å². The van der Waals surface area contributed by atoms with Crippen LogP contribution in [0.5, 0.6) is 0 Å². The van der Waals surface area contributed by atoms with Crippen molar-refractivity contribution in [3.05, 3.63) is 42.5 Å². The molecule has 0 bridgehead atoms. The standard InChI is InChI=1S/C10H8N4/c11-5-4-9-3-1-8-14(9)10-12-6-2-7-13-10/h1-3,6-8H,4H2. The van der Waals surface area contributed by atoms with Gasteiger partial charge in [-0.05, 0) is 18.2 Å². The normalized spacial score (nSPS) is 9.64. The fourth-order valence-corrected chi connectivity index (χ4v) is 1.25. The Labute approximate surface area is 81.5 Å². The van der Waals surface area contributed by atoms with Crippen molar-refractivity contribution >= 4 is 0 Å². The van der Waals surface area contributed by atoms with Crippen molar-refractivity contribution in [1.82, 2.24) is 14.5 Å². The molecule has 14 heavy (non-hydrogen) atoms. The Morgan fingerprint density at radius 2 is 2.07 bits per heavy atom. The Balaban J connectivity index is 2.43. The molecule has 0 aliphatic carbocycles. The second-order valence-electron chi connectivity index (χ2n) is 2.75. The minimum absolute atomic E-state index is 0.366. The lowest BCUT2D eigenvalue weighted by atomic mass is 10.3. The third-order valence-corrected chi connectivity index (χ3v) is 1.86. The van der Waals surface area contributed by atoms with Gasteiger partial charge in [0.25, 0.3) is 0 Å². The maximum atomic E-state index is 8.61. The quantitative estimate of drug-likeness (QED) is 0.707. The van der Waals surface area contributed by atoms with Crippen molar-refractivity contribution < 1.29 is 0 Å². The van der Waals surface area contributed by atoms with Gasteiger partial charge in [-0.3, -0.25) is 4.57 Å². The van der Waals surface area contributed by atoms with Crippen LogP contribution in [0.2, 0.25) is 0 Å². The molecule has 2 aromatic rings. The molecule has 0 saturated heterocycles. The van der Waals surface area contributed by atoms with Crippen LogP contribution in [-0.4, -0.2) is 14.5 Å². The van der Waals surface area contributed by atoms with Gasteiger partial charge in [0.05, 0.1) is 12.5 Å². The molecule has 2 rings (SSSR count). The molecule has 4 nitrogen and oxygen atoms in total. The lowest BCUT2D eigenvalue weighted by Gasteiger charge is -2.02. The Kier molecular flexibility index (Phi) is 2.24. The van der Waals surface area contributed by atoms with Crippen LogP contribution >= 0.6 is 0 Å². The highest BCUT2D eigenvalue weighted by Crippen LogP contribution is 2.07. The molecular weight excluding hydrogens is 176 g/mol. The average Bonchev–Trinajstić information content (AvgIpc) is 2.68. The van der Waals surface area contributed by atoms with Gasteiger partial charge in [0.1, 0.15) is 0 Å². The van der Waals surface area contributed by atoms with E-state index in [0.717, 1.165) is 5.69 Å². The molecule has 0 atom stereocenters. The maximum Gasteiger partial charge on any atom is 0.233 e. The molecule has 0 aliphatic rings. The Morgan fingerprint density at radius 1 is 1.29 bits per heavy atom. The average molecular weight is 184 g/mol. The minimum atomic E-state index is 0.366. The van der Waals surface area contributed by atoms with E-state index >= 15 is 0 Å². The predicted molar refractivity (Wildman–Crippen MR) is 50.7 cm³/mol. The lowest BCUT2D eigenvalue weighted by Crippen LogP contribution is -2.02. The summed E-state index contributed by atoms with van der Waals surface area (Å²) in [7, 11) is 0. The first-order valence-electron chi connectivity index (χ1n) is 4.22. The summed E-state index contributed by atoms with van der Waals surface area (Å²) in [6, 6.07) is 7.63.